The molecular formula is C21H16F3N5O2. The summed E-state index contributed by atoms with van der Waals surface area (Å²) in [6.45, 7) is 1.53. The summed E-state index contributed by atoms with van der Waals surface area (Å²) in [5, 5.41) is 6.15. The van der Waals surface area contributed by atoms with Crippen LogP contribution in [0.5, 0.6) is 0 Å². The van der Waals surface area contributed by atoms with Crippen LogP contribution in [0.25, 0.3) is 16.8 Å². The molecule has 4 rings (SSSR count). The molecule has 10 heteroatoms. The molecule has 0 spiro atoms. The molecule has 1 aromatic carbocycles. The summed E-state index contributed by atoms with van der Waals surface area (Å²) >= 11 is 0. The summed E-state index contributed by atoms with van der Waals surface area (Å²) in [5.41, 5.74) is -1.27. The number of benzene rings is 1. The Bertz CT molecular complexity index is 1310. The van der Waals surface area contributed by atoms with E-state index in [9.17, 15) is 22.8 Å². The van der Waals surface area contributed by atoms with Crippen LogP contribution in [0, 0.1) is 6.92 Å². The molecule has 3 heterocycles. The van der Waals surface area contributed by atoms with Crippen molar-refractivity contribution in [3.63, 3.8) is 0 Å². The van der Waals surface area contributed by atoms with Gasteiger partial charge in [0.1, 0.15) is 5.65 Å². The average Bonchev–Trinajstić information content (AvgIpc) is 3.12. The Morgan fingerprint density at radius 2 is 1.90 bits per heavy atom. The van der Waals surface area contributed by atoms with Crippen LogP contribution < -0.4 is 10.9 Å². The Balaban J connectivity index is 1.82. The van der Waals surface area contributed by atoms with Gasteiger partial charge in [-0.1, -0.05) is 30.3 Å². The first-order valence-corrected chi connectivity index (χ1v) is 9.22. The highest BCUT2D eigenvalue weighted by Gasteiger charge is 2.39. The first-order chi connectivity index (χ1) is 14.8. The number of rotatable bonds is 4. The van der Waals surface area contributed by atoms with Gasteiger partial charge in [-0.3, -0.25) is 14.6 Å². The lowest BCUT2D eigenvalue weighted by Gasteiger charge is -2.09. The normalized spacial score (nSPS) is 11.6. The van der Waals surface area contributed by atoms with E-state index in [0.717, 1.165) is 0 Å². The van der Waals surface area contributed by atoms with Gasteiger partial charge in [-0.25, -0.2) is 0 Å². The summed E-state index contributed by atoms with van der Waals surface area (Å²) in [6, 6.07) is 11.1. The van der Waals surface area contributed by atoms with Crippen LogP contribution in [0.15, 0.2) is 59.7 Å². The number of fused-ring (bicyclic) bond motifs is 1. The molecule has 31 heavy (non-hydrogen) atoms. The monoisotopic (exact) mass is 427 g/mol. The van der Waals surface area contributed by atoms with Gasteiger partial charge in [0, 0.05) is 17.5 Å². The highest BCUT2D eigenvalue weighted by atomic mass is 19.4. The van der Waals surface area contributed by atoms with Gasteiger partial charge in [0.15, 0.2) is 5.69 Å². The number of carbonyl (C=O) groups is 1. The van der Waals surface area contributed by atoms with Crippen LogP contribution >= 0.6 is 0 Å². The van der Waals surface area contributed by atoms with E-state index < -0.39 is 23.3 Å². The summed E-state index contributed by atoms with van der Waals surface area (Å²) in [6.07, 6.45) is -2.14. The molecule has 0 radical (unpaired) electrons. The van der Waals surface area contributed by atoms with E-state index in [1.165, 1.54) is 25.3 Å². The van der Waals surface area contributed by atoms with Crippen molar-refractivity contribution >= 4 is 17.2 Å². The number of amides is 1. The molecule has 0 aliphatic heterocycles. The molecule has 0 aliphatic carbocycles. The van der Waals surface area contributed by atoms with E-state index in [1.54, 1.807) is 36.5 Å². The van der Waals surface area contributed by atoms with Crippen molar-refractivity contribution in [2.45, 2.75) is 19.5 Å². The molecule has 0 saturated carbocycles. The smallest absolute Gasteiger partial charge is 0.343 e. The van der Waals surface area contributed by atoms with Crippen molar-refractivity contribution < 1.29 is 18.0 Å². The number of pyridine rings is 1. The Kier molecular flexibility index (Phi) is 5.05. The predicted molar refractivity (Wildman–Crippen MR) is 108 cm³/mol. The van der Waals surface area contributed by atoms with Crippen molar-refractivity contribution in [1.82, 2.24) is 19.6 Å². The first-order valence-electron chi connectivity index (χ1n) is 9.22. The molecule has 0 fully saturated rings. The Hall–Kier alpha value is -3.95. The number of H-pyrrole nitrogens is 1. The van der Waals surface area contributed by atoms with Crippen molar-refractivity contribution in [3.05, 3.63) is 82.2 Å². The van der Waals surface area contributed by atoms with Gasteiger partial charge in [0.2, 0.25) is 5.91 Å². The maximum Gasteiger partial charge on any atom is 0.435 e. The third-order valence-corrected chi connectivity index (χ3v) is 4.71. The fraction of sp³-hybridized carbons (Fsp3) is 0.143. The Morgan fingerprint density at radius 1 is 1.16 bits per heavy atom. The third kappa shape index (κ3) is 3.91. The lowest BCUT2D eigenvalue weighted by atomic mass is 10.1. The third-order valence-electron chi connectivity index (χ3n) is 4.71. The highest BCUT2D eigenvalue weighted by molar-refractivity contribution is 5.92. The number of aromatic nitrogens is 4. The summed E-state index contributed by atoms with van der Waals surface area (Å²) in [4.78, 5) is 32.1. The van der Waals surface area contributed by atoms with Crippen LogP contribution in [0.2, 0.25) is 0 Å². The molecule has 0 bridgehead atoms. The van der Waals surface area contributed by atoms with Crippen molar-refractivity contribution in [1.29, 1.82) is 0 Å². The number of aromatic amines is 1. The minimum Gasteiger partial charge on any atom is -0.343 e. The molecular weight excluding hydrogens is 411 g/mol. The SMILES string of the molecule is Cc1[nH]c2c(-c3ccccc3)c(C(F)(F)F)nn2c(=O)c1CC(=O)Nc1cccnc1. The van der Waals surface area contributed by atoms with Crippen LogP contribution in [-0.2, 0) is 17.4 Å². The summed E-state index contributed by atoms with van der Waals surface area (Å²) in [7, 11) is 0. The Labute approximate surface area is 173 Å². The van der Waals surface area contributed by atoms with Crippen LogP contribution in [-0.4, -0.2) is 25.5 Å². The van der Waals surface area contributed by atoms with Gasteiger partial charge in [-0.2, -0.15) is 22.8 Å². The minimum atomic E-state index is -4.77. The van der Waals surface area contributed by atoms with Gasteiger partial charge in [-0.15, -0.1) is 0 Å². The second-order valence-electron chi connectivity index (χ2n) is 6.85. The zero-order valence-corrected chi connectivity index (χ0v) is 16.2. The number of aryl methyl sites for hydroxylation is 1. The quantitative estimate of drug-likeness (QED) is 0.521. The van der Waals surface area contributed by atoms with Gasteiger partial charge >= 0.3 is 6.18 Å². The molecule has 1 amide bonds. The molecule has 0 unspecified atom stereocenters. The first kappa shape index (κ1) is 20.3. The number of nitrogens with zero attached hydrogens (tertiary/aromatic N) is 3. The Morgan fingerprint density at radius 3 is 2.55 bits per heavy atom. The average molecular weight is 427 g/mol. The summed E-state index contributed by atoms with van der Waals surface area (Å²) < 4.78 is 41.8. The molecule has 3 aromatic heterocycles. The van der Waals surface area contributed by atoms with Crippen molar-refractivity contribution in [2.24, 2.45) is 0 Å². The summed E-state index contributed by atoms with van der Waals surface area (Å²) in [5.74, 6) is -0.507. The number of halogens is 3. The van der Waals surface area contributed by atoms with E-state index in [2.05, 4.69) is 20.4 Å². The van der Waals surface area contributed by atoms with Gasteiger partial charge in [0.05, 0.1) is 23.9 Å². The molecule has 4 aromatic rings. The fourth-order valence-electron chi connectivity index (χ4n) is 3.31. The van der Waals surface area contributed by atoms with Crippen molar-refractivity contribution in [3.8, 4) is 11.1 Å². The fourth-order valence-corrected chi connectivity index (χ4v) is 3.31. The standard InChI is InChI=1S/C21H16F3N5O2/c1-12-15(10-16(30)27-14-8-5-9-25-11-14)20(31)29-19(26-12)17(13-6-3-2-4-7-13)18(28-29)21(22,23)24/h2-9,11,26H,10H2,1H3,(H,27,30). The predicted octanol–water partition coefficient (Wildman–Crippen LogP) is 3.59. The van der Waals surface area contributed by atoms with E-state index in [-0.39, 0.29) is 34.5 Å². The van der Waals surface area contributed by atoms with E-state index in [4.69, 9.17) is 0 Å². The lowest BCUT2D eigenvalue weighted by molar-refractivity contribution is -0.140. The molecule has 7 nitrogen and oxygen atoms in total. The number of hydrogen-bond acceptors (Lipinski definition) is 4. The molecule has 0 aliphatic rings. The lowest BCUT2D eigenvalue weighted by Crippen LogP contribution is -2.26. The van der Waals surface area contributed by atoms with Gasteiger partial charge in [-0.05, 0) is 24.6 Å². The molecule has 0 saturated heterocycles. The number of hydrogen-bond donors (Lipinski definition) is 2. The molecule has 2 N–H and O–H groups in total. The van der Waals surface area contributed by atoms with Crippen LogP contribution in [0.1, 0.15) is 17.0 Å². The largest absolute Gasteiger partial charge is 0.435 e. The molecule has 0 atom stereocenters. The van der Waals surface area contributed by atoms with Crippen LogP contribution in [0.3, 0.4) is 0 Å². The topological polar surface area (TPSA) is 92.2 Å². The minimum absolute atomic E-state index is 0.0183. The number of alkyl halides is 3. The highest BCUT2D eigenvalue weighted by Crippen LogP contribution is 2.38. The number of nitrogens with one attached hydrogen (secondary N) is 2. The second kappa shape index (κ2) is 7.71. The van der Waals surface area contributed by atoms with Crippen LogP contribution in [0.4, 0.5) is 18.9 Å². The van der Waals surface area contributed by atoms with E-state index in [1.807, 2.05) is 0 Å². The second-order valence-corrected chi connectivity index (χ2v) is 6.85. The van der Waals surface area contributed by atoms with E-state index >= 15 is 0 Å². The zero-order valence-electron chi connectivity index (χ0n) is 16.2. The van der Waals surface area contributed by atoms with Gasteiger partial charge < -0.3 is 10.3 Å². The molecule has 158 valence electrons. The zero-order chi connectivity index (χ0) is 22.2. The maximum atomic E-state index is 13.7. The van der Waals surface area contributed by atoms with Crippen molar-refractivity contribution in [2.75, 3.05) is 5.32 Å². The number of anilines is 1. The van der Waals surface area contributed by atoms with E-state index in [0.29, 0.717) is 10.2 Å². The van der Waals surface area contributed by atoms with Gasteiger partial charge in [0.25, 0.3) is 5.56 Å². The number of carbonyl (C=O) groups excluding carboxylic acids is 1. The maximum absolute atomic E-state index is 13.7.